The van der Waals surface area contributed by atoms with Crippen LogP contribution in [-0.2, 0) is 4.74 Å². The van der Waals surface area contributed by atoms with Crippen LogP contribution in [0.25, 0.3) is 0 Å². The molecule has 1 saturated heterocycles. The van der Waals surface area contributed by atoms with Gasteiger partial charge in [-0.05, 0) is 20.8 Å². The summed E-state index contributed by atoms with van der Waals surface area (Å²) in [6.45, 7) is 5.67. The minimum Gasteiger partial charge on any atom is -0.444 e. The molecule has 0 unspecified atom stereocenters. The summed E-state index contributed by atoms with van der Waals surface area (Å²) in [4.78, 5) is 11.3. The number of alkyl carbamates (subject to hydrolysis) is 1. The Morgan fingerprint density at radius 1 is 1.57 bits per heavy atom. The Morgan fingerprint density at radius 3 is 2.43 bits per heavy atom. The predicted octanol–water partition coefficient (Wildman–Crippen LogP) is 0.823. The van der Waals surface area contributed by atoms with Crippen molar-refractivity contribution in [1.29, 1.82) is 0 Å². The number of nitrogens with one attached hydrogen (secondary N) is 2. The highest BCUT2D eigenvalue weighted by Crippen LogP contribution is 2.13. The van der Waals surface area contributed by atoms with Gasteiger partial charge in [-0.3, -0.25) is 0 Å². The Balaban J connectivity index is 2.40. The van der Waals surface area contributed by atoms with Crippen molar-refractivity contribution in [2.75, 3.05) is 19.8 Å². The maximum atomic E-state index is 12.6. The third-order valence-electron chi connectivity index (χ3n) is 1.95. The van der Waals surface area contributed by atoms with Crippen LogP contribution in [0.15, 0.2) is 0 Å². The molecule has 0 aromatic rings. The summed E-state index contributed by atoms with van der Waals surface area (Å²) in [5.74, 6) is 0. The van der Waals surface area contributed by atoms with Crippen molar-refractivity contribution >= 4 is 6.09 Å². The maximum Gasteiger partial charge on any atom is 0.408 e. The van der Waals surface area contributed by atoms with E-state index in [9.17, 15) is 9.18 Å². The number of carbonyl (C=O) groups excluding carboxylic acids is 1. The number of hydrogen-bond donors (Lipinski definition) is 2. The maximum absolute atomic E-state index is 12.6. The van der Waals surface area contributed by atoms with Gasteiger partial charge in [-0.15, -0.1) is 0 Å². The lowest BCUT2D eigenvalue weighted by Gasteiger charge is -2.40. The monoisotopic (exact) mass is 204 g/mol. The van der Waals surface area contributed by atoms with Crippen molar-refractivity contribution in [3.05, 3.63) is 0 Å². The highest BCUT2D eigenvalue weighted by Gasteiger charge is 2.39. The van der Waals surface area contributed by atoms with Crippen LogP contribution in [0.2, 0.25) is 0 Å². The van der Waals surface area contributed by atoms with Gasteiger partial charge >= 0.3 is 6.09 Å². The molecule has 1 fully saturated rings. The summed E-state index contributed by atoms with van der Waals surface area (Å²) in [5.41, 5.74) is -1.29. The second-order valence-corrected chi connectivity index (χ2v) is 4.64. The van der Waals surface area contributed by atoms with Gasteiger partial charge in [0.15, 0.2) is 0 Å². The average Bonchev–Trinajstić information content (AvgIpc) is 1.93. The summed E-state index contributed by atoms with van der Waals surface area (Å²) in [7, 11) is 0. The van der Waals surface area contributed by atoms with Crippen molar-refractivity contribution in [1.82, 2.24) is 10.6 Å². The van der Waals surface area contributed by atoms with E-state index in [1.54, 1.807) is 20.8 Å². The molecule has 0 spiro atoms. The normalized spacial score (nSPS) is 19.7. The van der Waals surface area contributed by atoms with E-state index in [4.69, 9.17) is 4.74 Å². The van der Waals surface area contributed by atoms with E-state index in [-0.39, 0.29) is 0 Å². The summed E-state index contributed by atoms with van der Waals surface area (Å²) < 4.78 is 17.6. The molecule has 2 N–H and O–H groups in total. The Bertz CT molecular complexity index is 216. The number of ether oxygens (including phenoxy) is 1. The molecular weight excluding hydrogens is 187 g/mol. The van der Waals surface area contributed by atoms with E-state index >= 15 is 0 Å². The van der Waals surface area contributed by atoms with Gasteiger partial charge in [0.05, 0.1) is 5.54 Å². The molecule has 1 aliphatic heterocycles. The topological polar surface area (TPSA) is 50.4 Å². The van der Waals surface area contributed by atoms with Crippen LogP contribution in [0.4, 0.5) is 9.18 Å². The van der Waals surface area contributed by atoms with Gasteiger partial charge in [-0.2, -0.15) is 0 Å². The number of alkyl halides is 1. The highest BCUT2D eigenvalue weighted by molar-refractivity contribution is 5.69. The fourth-order valence-electron chi connectivity index (χ4n) is 1.16. The Hall–Kier alpha value is -0.840. The lowest BCUT2D eigenvalue weighted by Crippen LogP contribution is -2.70. The molecular formula is C9H17FN2O2. The van der Waals surface area contributed by atoms with Crippen molar-refractivity contribution in [2.45, 2.75) is 31.9 Å². The number of hydrogen-bond acceptors (Lipinski definition) is 3. The van der Waals surface area contributed by atoms with Crippen molar-refractivity contribution < 1.29 is 13.9 Å². The molecule has 1 rings (SSSR count). The third-order valence-corrected chi connectivity index (χ3v) is 1.95. The molecule has 14 heavy (non-hydrogen) atoms. The Kier molecular flexibility index (Phi) is 2.99. The van der Waals surface area contributed by atoms with E-state index in [2.05, 4.69) is 10.6 Å². The standard InChI is InChI=1S/C9H17FN2O2/c1-8(2,3)14-7(13)12-9(4-10)5-11-6-9/h11H,4-6H2,1-3H3,(H,12,13). The zero-order valence-electron chi connectivity index (χ0n) is 8.82. The fraction of sp³-hybridized carbons (Fsp3) is 0.889. The van der Waals surface area contributed by atoms with E-state index < -0.39 is 23.9 Å². The average molecular weight is 204 g/mol. The summed E-state index contributed by atoms with van der Waals surface area (Å²) in [6, 6.07) is 0. The summed E-state index contributed by atoms with van der Waals surface area (Å²) >= 11 is 0. The smallest absolute Gasteiger partial charge is 0.408 e. The van der Waals surface area contributed by atoms with E-state index in [0.29, 0.717) is 13.1 Å². The van der Waals surface area contributed by atoms with Gasteiger partial charge < -0.3 is 15.4 Å². The second-order valence-electron chi connectivity index (χ2n) is 4.64. The van der Waals surface area contributed by atoms with Crippen molar-refractivity contribution in [2.24, 2.45) is 0 Å². The van der Waals surface area contributed by atoms with Crippen LogP contribution >= 0.6 is 0 Å². The minimum absolute atomic E-state index is 0.461. The Labute approximate surface area is 83.2 Å². The fourth-order valence-corrected chi connectivity index (χ4v) is 1.16. The first-order chi connectivity index (χ1) is 6.37. The first-order valence-electron chi connectivity index (χ1n) is 4.65. The largest absolute Gasteiger partial charge is 0.444 e. The molecule has 0 atom stereocenters. The molecule has 1 amide bonds. The van der Waals surface area contributed by atoms with Crippen LogP contribution in [-0.4, -0.2) is 37.0 Å². The summed E-state index contributed by atoms with van der Waals surface area (Å²) in [6.07, 6.45) is -0.559. The molecule has 0 bridgehead atoms. The molecule has 0 saturated carbocycles. The van der Waals surface area contributed by atoms with Gasteiger partial charge in [0.1, 0.15) is 12.3 Å². The Morgan fingerprint density at radius 2 is 2.14 bits per heavy atom. The second kappa shape index (κ2) is 3.73. The first-order valence-corrected chi connectivity index (χ1v) is 4.65. The third kappa shape index (κ3) is 2.83. The van der Waals surface area contributed by atoms with Crippen molar-refractivity contribution in [3.8, 4) is 0 Å². The molecule has 1 heterocycles. The van der Waals surface area contributed by atoms with Gasteiger partial charge in [0.2, 0.25) is 0 Å². The number of halogens is 1. The van der Waals surface area contributed by atoms with Crippen LogP contribution in [0, 0.1) is 0 Å². The van der Waals surface area contributed by atoms with Crippen LogP contribution in [0.1, 0.15) is 20.8 Å². The van der Waals surface area contributed by atoms with Crippen LogP contribution < -0.4 is 10.6 Å². The lowest BCUT2D eigenvalue weighted by atomic mass is 9.95. The molecule has 0 radical (unpaired) electrons. The minimum atomic E-state index is -0.748. The zero-order valence-corrected chi connectivity index (χ0v) is 8.82. The molecule has 0 aromatic heterocycles. The molecule has 5 heteroatoms. The predicted molar refractivity (Wildman–Crippen MR) is 50.9 cm³/mol. The van der Waals surface area contributed by atoms with Gasteiger partial charge in [0, 0.05) is 13.1 Å². The quantitative estimate of drug-likeness (QED) is 0.700. The van der Waals surface area contributed by atoms with Gasteiger partial charge in [0.25, 0.3) is 0 Å². The zero-order chi connectivity index (χ0) is 10.8. The number of amides is 1. The molecule has 1 aliphatic rings. The van der Waals surface area contributed by atoms with Crippen LogP contribution in [0.5, 0.6) is 0 Å². The number of carbonyl (C=O) groups is 1. The highest BCUT2D eigenvalue weighted by atomic mass is 19.1. The SMILES string of the molecule is CC(C)(C)OC(=O)NC1(CF)CNC1. The molecule has 0 aliphatic carbocycles. The molecule has 0 aromatic carbocycles. The lowest BCUT2D eigenvalue weighted by molar-refractivity contribution is 0.0379. The van der Waals surface area contributed by atoms with E-state index in [0.717, 1.165) is 0 Å². The van der Waals surface area contributed by atoms with Gasteiger partial charge in [-0.25, -0.2) is 9.18 Å². The van der Waals surface area contributed by atoms with Crippen molar-refractivity contribution in [3.63, 3.8) is 0 Å². The van der Waals surface area contributed by atoms with Gasteiger partial charge in [-0.1, -0.05) is 0 Å². The van der Waals surface area contributed by atoms with Crippen LogP contribution in [0.3, 0.4) is 0 Å². The number of rotatable bonds is 2. The first kappa shape index (κ1) is 11.2. The summed E-state index contributed by atoms with van der Waals surface area (Å²) in [5, 5.41) is 5.45. The van der Waals surface area contributed by atoms with E-state index in [1.165, 1.54) is 0 Å². The van der Waals surface area contributed by atoms with E-state index in [1.807, 2.05) is 0 Å². The molecule has 82 valence electrons. The molecule has 4 nitrogen and oxygen atoms in total.